The minimum atomic E-state index is -0.432. The van der Waals surface area contributed by atoms with E-state index in [4.69, 9.17) is 4.74 Å². The van der Waals surface area contributed by atoms with Gasteiger partial charge in [-0.05, 0) is 57.2 Å². The molecule has 1 aliphatic rings. The molecule has 2 heterocycles. The van der Waals surface area contributed by atoms with Crippen molar-refractivity contribution in [3.05, 3.63) is 34.4 Å². The predicted octanol–water partition coefficient (Wildman–Crippen LogP) is 5.04. The van der Waals surface area contributed by atoms with E-state index in [1.165, 1.54) is 11.1 Å². The summed E-state index contributed by atoms with van der Waals surface area (Å²) in [7, 11) is 0. The molecular formula is C18H23BrN2O2. The summed E-state index contributed by atoms with van der Waals surface area (Å²) in [6.07, 6.45) is 1.73. The number of aromatic amines is 1. The van der Waals surface area contributed by atoms with Crippen LogP contribution in [-0.2, 0) is 4.74 Å². The Morgan fingerprint density at radius 1 is 1.26 bits per heavy atom. The van der Waals surface area contributed by atoms with Crippen molar-refractivity contribution in [2.24, 2.45) is 0 Å². The zero-order valence-corrected chi connectivity index (χ0v) is 15.4. The summed E-state index contributed by atoms with van der Waals surface area (Å²) in [6.45, 7) is 7.21. The maximum Gasteiger partial charge on any atom is 0.410 e. The normalized spacial score (nSPS) is 16.8. The highest BCUT2D eigenvalue weighted by atomic mass is 79.9. The Morgan fingerprint density at radius 2 is 1.96 bits per heavy atom. The number of benzene rings is 1. The van der Waals surface area contributed by atoms with Crippen molar-refractivity contribution in [2.75, 3.05) is 13.1 Å². The lowest BCUT2D eigenvalue weighted by Crippen LogP contribution is -2.41. The summed E-state index contributed by atoms with van der Waals surface area (Å²) in [4.78, 5) is 17.5. The number of aromatic nitrogens is 1. The van der Waals surface area contributed by atoms with Gasteiger partial charge >= 0.3 is 6.09 Å². The van der Waals surface area contributed by atoms with Crippen LogP contribution in [0.3, 0.4) is 0 Å². The summed E-state index contributed by atoms with van der Waals surface area (Å²) in [6, 6.07) is 8.52. The van der Waals surface area contributed by atoms with Gasteiger partial charge in [0.15, 0.2) is 0 Å². The molecule has 0 unspecified atom stereocenters. The van der Waals surface area contributed by atoms with Gasteiger partial charge in [0.2, 0.25) is 0 Å². The van der Waals surface area contributed by atoms with E-state index in [1.807, 2.05) is 25.7 Å². The predicted molar refractivity (Wildman–Crippen MR) is 95.8 cm³/mol. The number of halogens is 1. The molecule has 0 saturated carbocycles. The van der Waals surface area contributed by atoms with Crippen molar-refractivity contribution in [2.45, 2.75) is 45.1 Å². The molecule has 23 heavy (non-hydrogen) atoms. The lowest BCUT2D eigenvalue weighted by molar-refractivity contribution is 0.0204. The van der Waals surface area contributed by atoms with Gasteiger partial charge in [0, 0.05) is 34.7 Å². The summed E-state index contributed by atoms with van der Waals surface area (Å²) in [5, 5.41) is 1.23. The maximum absolute atomic E-state index is 12.1. The number of ether oxygens (including phenoxy) is 1. The quantitative estimate of drug-likeness (QED) is 0.754. The number of likely N-dealkylation sites (tertiary alicyclic amines) is 1. The van der Waals surface area contributed by atoms with Gasteiger partial charge in [-0.25, -0.2) is 4.79 Å². The summed E-state index contributed by atoms with van der Waals surface area (Å²) in [5.41, 5.74) is 1.99. The maximum atomic E-state index is 12.1. The van der Waals surface area contributed by atoms with Crippen molar-refractivity contribution >= 4 is 32.9 Å². The Bertz CT molecular complexity index is 709. The number of rotatable bonds is 1. The molecule has 1 aromatic carbocycles. The highest BCUT2D eigenvalue weighted by molar-refractivity contribution is 9.10. The highest BCUT2D eigenvalue weighted by Crippen LogP contribution is 2.31. The van der Waals surface area contributed by atoms with E-state index in [0.29, 0.717) is 5.92 Å². The molecule has 1 saturated heterocycles. The molecule has 0 atom stereocenters. The van der Waals surface area contributed by atoms with Crippen LogP contribution in [0, 0.1) is 0 Å². The van der Waals surface area contributed by atoms with Crippen LogP contribution in [0.15, 0.2) is 28.7 Å². The van der Waals surface area contributed by atoms with Gasteiger partial charge in [0.05, 0.1) is 0 Å². The second-order valence-electron chi connectivity index (χ2n) is 7.20. The second kappa shape index (κ2) is 6.19. The molecule has 1 aromatic heterocycles. The van der Waals surface area contributed by atoms with E-state index in [0.717, 1.165) is 35.9 Å². The number of nitrogens with zero attached hydrogens (tertiary/aromatic N) is 1. The van der Waals surface area contributed by atoms with Gasteiger partial charge in [0.1, 0.15) is 5.60 Å². The minimum Gasteiger partial charge on any atom is -0.444 e. The van der Waals surface area contributed by atoms with E-state index in [9.17, 15) is 4.79 Å². The van der Waals surface area contributed by atoms with Gasteiger partial charge in [0.25, 0.3) is 0 Å². The van der Waals surface area contributed by atoms with Crippen molar-refractivity contribution in [3.63, 3.8) is 0 Å². The Balaban J connectivity index is 1.65. The molecule has 5 heteroatoms. The minimum absolute atomic E-state index is 0.198. The third-order valence-electron chi connectivity index (χ3n) is 4.19. The first-order valence-electron chi connectivity index (χ1n) is 8.08. The summed E-state index contributed by atoms with van der Waals surface area (Å²) >= 11 is 3.51. The Labute approximate surface area is 145 Å². The third-order valence-corrected chi connectivity index (χ3v) is 4.69. The van der Waals surface area contributed by atoms with E-state index >= 15 is 0 Å². The molecule has 124 valence electrons. The smallest absolute Gasteiger partial charge is 0.410 e. The van der Waals surface area contributed by atoms with Crippen LogP contribution >= 0.6 is 15.9 Å². The van der Waals surface area contributed by atoms with E-state index in [-0.39, 0.29) is 6.09 Å². The van der Waals surface area contributed by atoms with Crippen molar-refractivity contribution < 1.29 is 9.53 Å². The van der Waals surface area contributed by atoms with Crippen molar-refractivity contribution in [1.82, 2.24) is 9.88 Å². The fourth-order valence-corrected chi connectivity index (χ4v) is 3.40. The number of piperidine rings is 1. The molecule has 1 N–H and O–H groups in total. The van der Waals surface area contributed by atoms with Crippen LogP contribution in [0.1, 0.15) is 45.2 Å². The van der Waals surface area contributed by atoms with Crippen molar-refractivity contribution in [1.29, 1.82) is 0 Å². The molecule has 0 radical (unpaired) electrons. The number of carbonyl (C=O) groups is 1. The fourth-order valence-electron chi connectivity index (χ4n) is 3.04. The van der Waals surface area contributed by atoms with Crippen LogP contribution in [0.25, 0.3) is 10.9 Å². The molecule has 4 nitrogen and oxygen atoms in total. The first kappa shape index (κ1) is 16.4. The number of H-pyrrole nitrogens is 1. The Morgan fingerprint density at radius 3 is 2.61 bits per heavy atom. The van der Waals surface area contributed by atoms with Crippen LogP contribution in [0.2, 0.25) is 0 Å². The average Bonchev–Trinajstić information content (AvgIpc) is 2.88. The van der Waals surface area contributed by atoms with Crippen LogP contribution in [-0.4, -0.2) is 34.7 Å². The lowest BCUT2D eigenvalue weighted by atomic mass is 9.94. The Hall–Kier alpha value is -1.49. The number of hydrogen-bond acceptors (Lipinski definition) is 2. The first-order chi connectivity index (χ1) is 10.8. The van der Waals surface area contributed by atoms with Gasteiger partial charge in [-0.1, -0.05) is 22.0 Å². The molecule has 1 fully saturated rings. The number of nitrogens with one attached hydrogen (secondary N) is 1. The molecule has 2 aromatic rings. The molecule has 3 rings (SSSR count). The van der Waals surface area contributed by atoms with E-state index in [1.54, 1.807) is 0 Å². The van der Waals surface area contributed by atoms with E-state index < -0.39 is 5.60 Å². The topological polar surface area (TPSA) is 45.3 Å². The lowest BCUT2D eigenvalue weighted by Gasteiger charge is -2.33. The largest absolute Gasteiger partial charge is 0.444 e. The fraction of sp³-hybridized carbons (Fsp3) is 0.500. The van der Waals surface area contributed by atoms with Crippen LogP contribution in [0.4, 0.5) is 4.79 Å². The van der Waals surface area contributed by atoms with Gasteiger partial charge in [-0.2, -0.15) is 0 Å². The summed E-state index contributed by atoms with van der Waals surface area (Å²) < 4.78 is 6.53. The third kappa shape index (κ3) is 3.89. The van der Waals surface area contributed by atoms with Gasteiger partial charge in [-0.15, -0.1) is 0 Å². The molecule has 1 aliphatic heterocycles. The SMILES string of the molecule is CC(C)(C)OC(=O)N1CCC(c2cc3ccc(Br)cc3[nH]2)CC1. The molecule has 0 aliphatic carbocycles. The van der Waals surface area contributed by atoms with Gasteiger partial charge in [-0.3, -0.25) is 0 Å². The van der Waals surface area contributed by atoms with E-state index in [2.05, 4.69) is 45.2 Å². The number of amides is 1. The van der Waals surface area contributed by atoms with Crippen LogP contribution < -0.4 is 0 Å². The van der Waals surface area contributed by atoms with Crippen molar-refractivity contribution in [3.8, 4) is 0 Å². The Kier molecular flexibility index (Phi) is 4.41. The molecular weight excluding hydrogens is 356 g/mol. The summed E-state index contributed by atoms with van der Waals surface area (Å²) in [5.74, 6) is 0.472. The zero-order chi connectivity index (χ0) is 16.6. The number of fused-ring (bicyclic) bond motifs is 1. The zero-order valence-electron chi connectivity index (χ0n) is 13.9. The highest BCUT2D eigenvalue weighted by Gasteiger charge is 2.28. The standard InChI is InChI=1S/C18H23BrN2O2/c1-18(2,3)23-17(22)21-8-6-12(7-9-21)15-10-13-4-5-14(19)11-16(13)20-15/h4-5,10-12,20H,6-9H2,1-3H3. The molecule has 0 bridgehead atoms. The molecule has 0 spiro atoms. The average molecular weight is 379 g/mol. The van der Waals surface area contributed by atoms with Crippen LogP contribution in [0.5, 0.6) is 0 Å². The van der Waals surface area contributed by atoms with Gasteiger partial charge < -0.3 is 14.6 Å². The monoisotopic (exact) mass is 378 g/mol. The second-order valence-corrected chi connectivity index (χ2v) is 8.11. The number of carbonyl (C=O) groups excluding carboxylic acids is 1. The first-order valence-corrected chi connectivity index (χ1v) is 8.87. The molecule has 1 amide bonds. The number of hydrogen-bond donors (Lipinski definition) is 1.